The van der Waals surface area contributed by atoms with E-state index < -0.39 is 17.7 Å². The van der Waals surface area contributed by atoms with E-state index in [0.29, 0.717) is 25.1 Å². The van der Waals surface area contributed by atoms with E-state index in [1.165, 1.54) is 0 Å². The maximum absolute atomic E-state index is 13.8. The van der Waals surface area contributed by atoms with Crippen LogP contribution in [0.25, 0.3) is 10.8 Å². The Morgan fingerprint density at radius 1 is 1.15 bits per heavy atom. The van der Waals surface area contributed by atoms with E-state index in [2.05, 4.69) is 21.2 Å². The van der Waals surface area contributed by atoms with Crippen LogP contribution in [0.1, 0.15) is 38.3 Å². The lowest BCUT2D eigenvalue weighted by Gasteiger charge is -2.28. The summed E-state index contributed by atoms with van der Waals surface area (Å²) < 4.78 is 12.1. The van der Waals surface area contributed by atoms with Crippen molar-refractivity contribution in [2.75, 3.05) is 12.0 Å². The molecule has 7 heteroatoms. The number of alkyl carbamates (subject to hydrolysis) is 1. The van der Waals surface area contributed by atoms with Crippen molar-refractivity contribution in [1.29, 1.82) is 0 Å². The van der Waals surface area contributed by atoms with E-state index in [1.807, 2.05) is 54.6 Å². The number of aryl methyl sites for hydroxylation is 1. The van der Waals surface area contributed by atoms with Crippen molar-refractivity contribution in [3.05, 3.63) is 70.2 Å². The van der Waals surface area contributed by atoms with Crippen molar-refractivity contribution in [2.24, 2.45) is 0 Å². The third kappa shape index (κ3) is 5.20. The molecule has 0 aromatic heterocycles. The first-order valence-electron chi connectivity index (χ1n) is 11.3. The normalized spacial score (nSPS) is 16.1. The van der Waals surface area contributed by atoms with Crippen LogP contribution < -0.4 is 15.0 Å². The van der Waals surface area contributed by atoms with Gasteiger partial charge in [-0.05, 0) is 74.2 Å². The minimum atomic E-state index is -0.697. The zero-order chi connectivity index (χ0) is 24.5. The van der Waals surface area contributed by atoms with Crippen LogP contribution in [0.4, 0.5) is 10.5 Å². The highest BCUT2D eigenvalue weighted by molar-refractivity contribution is 9.10. The van der Waals surface area contributed by atoms with Crippen LogP contribution in [0.15, 0.2) is 59.1 Å². The van der Waals surface area contributed by atoms with Gasteiger partial charge in [0.1, 0.15) is 17.4 Å². The molecule has 1 N–H and O–H groups in total. The summed E-state index contributed by atoms with van der Waals surface area (Å²) in [7, 11) is 1.63. The van der Waals surface area contributed by atoms with Gasteiger partial charge in [0, 0.05) is 15.7 Å². The molecule has 0 unspecified atom stereocenters. The van der Waals surface area contributed by atoms with Crippen LogP contribution in [-0.4, -0.2) is 30.8 Å². The predicted octanol–water partition coefficient (Wildman–Crippen LogP) is 5.98. The van der Waals surface area contributed by atoms with E-state index in [0.717, 1.165) is 32.1 Å². The number of nitrogens with one attached hydrogen (secondary N) is 1. The van der Waals surface area contributed by atoms with Crippen LogP contribution in [-0.2, 0) is 22.5 Å². The largest absolute Gasteiger partial charge is 0.496 e. The molecule has 3 aromatic rings. The molecule has 6 nitrogen and oxygen atoms in total. The molecule has 0 spiro atoms. The monoisotopic (exact) mass is 524 g/mol. The highest BCUT2D eigenvalue weighted by Gasteiger charge is 2.33. The smallest absolute Gasteiger partial charge is 0.408 e. The molecule has 0 aliphatic carbocycles. The Bertz CT molecular complexity index is 1240. The Kier molecular flexibility index (Phi) is 6.84. The van der Waals surface area contributed by atoms with Crippen LogP contribution in [0.3, 0.4) is 0 Å². The van der Waals surface area contributed by atoms with Crippen molar-refractivity contribution < 1.29 is 19.1 Å². The SMILES string of the molecule is COc1ccc2cc(Br)ccc2c1CN1C(=O)[C@@H](NC(=O)OC(C)(C)C)CCc2ccccc21. The van der Waals surface area contributed by atoms with Crippen LogP contribution in [0, 0.1) is 0 Å². The number of carbonyl (C=O) groups is 2. The quantitative estimate of drug-likeness (QED) is 0.455. The highest BCUT2D eigenvalue weighted by Crippen LogP contribution is 2.35. The molecule has 1 aliphatic rings. The fourth-order valence-electron chi connectivity index (χ4n) is 4.32. The van der Waals surface area contributed by atoms with Gasteiger partial charge in [-0.1, -0.05) is 46.3 Å². The van der Waals surface area contributed by atoms with Gasteiger partial charge in [-0.3, -0.25) is 4.79 Å². The summed E-state index contributed by atoms with van der Waals surface area (Å²) in [5.41, 5.74) is 2.17. The van der Waals surface area contributed by atoms with E-state index in [4.69, 9.17) is 9.47 Å². The predicted molar refractivity (Wildman–Crippen MR) is 137 cm³/mol. The van der Waals surface area contributed by atoms with Crippen molar-refractivity contribution >= 4 is 44.4 Å². The molecule has 0 bridgehead atoms. The minimum Gasteiger partial charge on any atom is -0.496 e. The number of anilines is 1. The summed E-state index contributed by atoms with van der Waals surface area (Å²) in [5.74, 6) is 0.535. The van der Waals surface area contributed by atoms with Gasteiger partial charge in [-0.25, -0.2) is 4.79 Å². The summed E-state index contributed by atoms with van der Waals surface area (Å²) in [5, 5.41) is 4.85. The number of hydrogen-bond acceptors (Lipinski definition) is 4. The number of para-hydroxylation sites is 1. The molecule has 2 amide bonds. The number of nitrogens with zero attached hydrogens (tertiary/aromatic N) is 1. The van der Waals surface area contributed by atoms with Gasteiger partial charge in [0.05, 0.1) is 13.7 Å². The van der Waals surface area contributed by atoms with Gasteiger partial charge in [0.15, 0.2) is 0 Å². The first-order valence-corrected chi connectivity index (χ1v) is 12.1. The van der Waals surface area contributed by atoms with Crippen molar-refractivity contribution in [1.82, 2.24) is 5.32 Å². The van der Waals surface area contributed by atoms with Gasteiger partial charge >= 0.3 is 6.09 Å². The molecule has 178 valence electrons. The van der Waals surface area contributed by atoms with E-state index >= 15 is 0 Å². The number of ether oxygens (including phenoxy) is 2. The first-order chi connectivity index (χ1) is 16.2. The number of hydrogen-bond donors (Lipinski definition) is 1. The maximum atomic E-state index is 13.8. The minimum absolute atomic E-state index is 0.174. The lowest BCUT2D eigenvalue weighted by molar-refractivity contribution is -0.120. The summed E-state index contributed by atoms with van der Waals surface area (Å²) in [4.78, 5) is 28.1. The molecule has 1 aliphatic heterocycles. The van der Waals surface area contributed by atoms with Crippen molar-refractivity contribution in [2.45, 2.75) is 51.8 Å². The third-order valence-corrected chi connectivity index (χ3v) is 6.32. The highest BCUT2D eigenvalue weighted by atomic mass is 79.9. The second kappa shape index (κ2) is 9.66. The molecule has 1 heterocycles. The second-order valence-electron chi connectivity index (χ2n) is 9.40. The second-order valence-corrected chi connectivity index (χ2v) is 10.3. The van der Waals surface area contributed by atoms with E-state index in [1.54, 1.807) is 32.8 Å². The summed E-state index contributed by atoms with van der Waals surface area (Å²) in [6, 6.07) is 17.2. The zero-order valence-electron chi connectivity index (χ0n) is 19.9. The van der Waals surface area contributed by atoms with Gasteiger partial charge in [0.25, 0.3) is 0 Å². The summed E-state index contributed by atoms with van der Waals surface area (Å²) >= 11 is 3.54. The van der Waals surface area contributed by atoms with Gasteiger partial charge in [0.2, 0.25) is 5.91 Å². The molecule has 0 saturated heterocycles. The Hall–Kier alpha value is -3.06. The standard InChI is InChI=1S/C27H29BrN2O4/c1-27(2,3)34-26(32)29-22-13-9-17-7-5-6-8-23(17)30(25(22)31)16-21-20-12-11-19(28)15-18(20)10-14-24(21)33-4/h5-8,10-12,14-15,22H,9,13,16H2,1-4H3,(H,29,32)/t22-/m0/s1. The Morgan fingerprint density at radius 2 is 1.91 bits per heavy atom. The van der Waals surface area contributed by atoms with E-state index in [-0.39, 0.29) is 5.91 Å². The number of methoxy groups -OCH3 is 1. The zero-order valence-corrected chi connectivity index (χ0v) is 21.4. The van der Waals surface area contributed by atoms with Crippen LogP contribution >= 0.6 is 15.9 Å². The molecule has 3 aromatic carbocycles. The molecule has 34 heavy (non-hydrogen) atoms. The number of halogens is 1. The Morgan fingerprint density at radius 3 is 2.65 bits per heavy atom. The number of carbonyl (C=O) groups excluding carboxylic acids is 2. The Balaban J connectivity index is 1.74. The van der Waals surface area contributed by atoms with Crippen molar-refractivity contribution in [3.8, 4) is 5.75 Å². The molecule has 0 radical (unpaired) electrons. The number of fused-ring (bicyclic) bond motifs is 2. The molecule has 1 atom stereocenters. The molecular formula is C27H29BrN2O4. The lowest BCUT2D eigenvalue weighted by Crippen LogP contribution is -2.49. The van der Waals surface area contributed by atoms with E-state index in [9.17, 15) is 9.59 Å². The van der Waals surface area contributed by atoms with Gasteiger partial charge in [-0.15, -0.1) is 0 Å². The fraction of sp³-hybridized carbons (Fsp3) is 0.333. The third-order valence-electron chi connectivity index (χ3n) is 5.83. The average Bonchev–Trinajstić information content (AvgIpc) is 2.90. The fourth-order valence-corrected chi connectivity index (χ4v) is 4.70. The topological polar surface area (TPSA) is 67.9 Å². The molecule has 0 fully saturated rings. The average molecular weight is 525 g/mol. The lowest BCUT2D eigenvalue weighted by atomic mass is 10.0. The summed E-state index contributed by atoms with van der Waals surface area (Å²) in [6.45, 7) is 5.71. The summed E-state index contributed by atoms with van der Waals surface area (Å²) in [6.07, 6.45) is 0.563. The van der Waals surface area contributed by atoms with Crippen molar-refractivity contribution in [3.63, 3.8) is 0 Å². The van der Waals surface area contributed by atoms with Gasteiger partial charge < -0.3 is 19.7 Å². The first kappa shape index (κ1) is 24.1. The van der Waals surface area contributed by atoms with Crippen LogP contribution in [0.5, 0.6) is 5.75 Å². The Labute approximate surface area is 208 Å². The molecule has 4 rings (SSSR count). The van der Waals surface area contributed by atoms with Crippen LogP contribution in [0.2, 0.25) is 0 Å². The van der Waals surface area contributed by atoms with Gasteiger partial charge in [-0.2, -0.15) is 0 Å². The number of amides is 2. The molecular weight excluding hydrogens is 496 g/mol. The molecule has 0 saturated carbocycles. The number of rotatable bonds is 4. The number of benzene rings is 3. The maximum Gasteiger partial charge on any atom is 0.408 e.